The van der Waals surface area contributed by atoms with Crippen molar-refractivity contribution < 1.29 is 5.11 Å². The zero-order valence-corrected chi connectivity index (χ0v) is 9.79. The summed E-state index contributed by atoms with van der Waals surface area (Å²) in [5.41, 5.74) is 8.68. The molecule has 1 fully saturated rings. The van der Waals surface area contributed by atoms with Crippen LogP contribution in [0.1, 0.15) is 31.2 Å². The molecule has 1 aliphatic carbocycles. The van der Waals surface area contributed by atoms with Crippen molar-refractivity contribution in [1.82, 2.24) is 0 Å². The molecule has 4 N–H and O–H groups in total. The summed E-state index contributed by atoms with van der Waals surface area (Å²) >= 11 is 0. The predicted octanol–water partition coefficient (Wildman–Crippen LogP) is 2.29. The minimum Gasteiger partial charge on any atom is -0.398 e. The van der Waals surface area contributed by atoms with Crippen LogP contribution in [0.15, 0.2) is 18.2 Å². The molecule has 88 valence electrons. The molecule has 0 saturated heterocycles. The Labute approximate surface area is 96.7 Å². The second-order valence-electron chi connectivity index (χ2n) is 4.79. The van der Waals surface area contributed by atoms with Crippen LogP contribution in [0.5, 0.6) is 0 Å². The van der Waals surface area contributed by atoms with Crippen LogP contribution in [0.4, 0.5) is 11.4 Å². The van der Waals surface area contributed by atoms with Crippen LogP contribution in [0.25, 0.3) is 0 Å². The third-order valence-corrected chi connectivity index (χ3v) is 3.64. The normalized spacial score (nSPS) is 18.6. The Hall–Kier alpha value is -1.22. The Balaban J connectivity index is 2.22. The highest BCUT2D eigenvalue weighted by atomic mass is 16.3. The zero-order valence-electron chi connectivity index (χ0n) is 9.79. The quantitative estimate of drug-likeness (QED) is 0.685. The Morgan fingerprint density at radius 1 is 1.38 bits per heavy atom. The van der Waals surface area contributed by atoms with E-state index in [0.29, 0.717) is 0 Å². The Morgan fingerprint density at radius 3 is 2.69 bits per heavy atom. The largest absolute Gasteiger partial charge is 0.398 e. The first-order chi connectivity index (χ1) is 7.67. The first-order valence-electron chi connectivity index (χ1n) is 5.91. The summed E-state index contributed by atoms with van der Waals surface area (Å²) in [6.45, 7) is 2.21. The van der Waals surface area contributed by atoms with Crippen LogP contribution in [-0.2, 0) is 0 Å². The summed E-state index contributed by atoms with van der Waals surface area (Å²) in [7, 11) is 0. The van der Waals surface area contributed by atoms with Gasteiger partial charge in [-0.3, -0.25) is 0 Å². The highest BCUT2D eigenvalue weighted by molar-refractivity contribution is 5.63. The minimum absolute atomic E-state index is 0.126. The molecule has 0 aromatic heterocycles. The molecule has 3 heteroatoms. The molecule has 0 amide bonds. The van der Waals surface area contributed by atoms with E-state index in [1.165, 1.54) is 12.8 Å². The molecule has 1 aliphatic rings. The summed E-state index contributed by atoms with van der Waals surface area (Å²) < 4.78 is 0. The van der Waals surface area contributed by atoms with Crippen molar-refractivity contribution in [3.63, 3.8) is 0 Å². The second kappa shape index (κ2) is 4.34. The Kier molecular flexibility index (Phi) is 3.06. The Bertz CT molecular complexity index is 370. The second-order valence-corrected chi connectivity index (χ2v) is 4.79. The average Bonchev–Trinajstić information content (AvgIpc) is 2.74. The van der Waals surface area contributed by atoms with Crippen LogP contribution in [0, 0.1) is 6.92 Å². The zero-order chi connectivity index (χ0) is 11.6. The number of hydrogen-bond acceptors (Lipinski definition) is 3. The smallest absolute Gasteiger partial charge is 0.0661 e. The molecule has 0 aliphatic heterocycles. The van der Waals surface area contributed by atoms with Gasteiger partial charge in [0.1, 0.15) is 0 Å². The number of benzene rings is 1. The van der Waals surface area contributed by atoms with Gasteiger partial charge in [-0.05, 0) is 37.5 Å². The minimum atomic E-state index is -0.126. The number of hydrogen-bond donors (Lipinski definition) is 3. The number of rotatable bonds is 3. The fraction of sp³-hybridized carbons (Fsp3) is 0.538. The molecule has 1 aromatic rings. The number of nitrogens with two attached hydrogens (primary N) is 1. The van der Waals surface area contributed by atoms with Crippen LogP contribution in [0.3, 0.4) is 0 Å². The van der Waals surface area contributed by atoms with Crippen molar-refractivity contribution >= 4 is 11.4 Å². The third-order valence-electron chi connectivity index (χ3n) is 3.64. The summed E-state index contributed by atoms with van der Waals surface area (Å²) in [6, 6.07) is 5.88. The van der Waals surface area contributed by atoms with Gasteiger partial charge in [0.25, 0.3) is 0 Å². The van der Waals surface area contributed by atoms with Gasteiger partial charge in [0.2, 0.25) is 0 Å². The number of aliphatic hydroxyl groups excluding tert-OH is 1. The van der Waals surface area contributed by atoms with Gasteiger partial charge >= 0.3 is 0 Å². The lowest BCUT2D eigenvalue weighted by molar-refractivity contribution is 0.214. The molecular weight excluding hydrogens is 200 g/mol. The van der Waals surface area contributed by atoms with Gasteiger partial charge in [0.05, 0.1) is 12.1 Å². The van der Waals surface area contributed by atoms with E-state index in [2.05, 4.69) is 5.32 Å². The SMILES string of the molecule is Cc1c(N)cccc1NC1(CO)CCCC1. The molecule has 1 saturated carbocycles. The highest BCUT2D eigenvalue weighted by Crippen LogP contribution is 2.34. The molecule has 3 nitrogen and oxygen atoms in total. The molecule has 16 heavy (non-hydrogen) atoms. The molecule has 0 radical (unpaired) electrons. The van der Waals surface area contributed by atoms with Gasteiger partial charge < -0.3 is 16.2 Å². The fourth-order valence-corrected chi connectivity index (χ4v) is 2.45. The van der Waals surface area contributed by atoms with E-state index in [4.69, 9.17) is 5.73 Å². The van der Waals surface area contributed by atoms with E-state index in [1.807, 2.05) is 25.1 Å². The topological polar surface area (TPSA) is 58.3 Å². The fourth-order valence-electron chi connectivity index (χ4n) is 2.45. The van der Waals surface area contributed by atoms with Gasteiger partial charge in [0, 0.05) is 11.4 Å². The lowest BCUT2D eigenvalue weighted by Crippen LogP contribution is -2.39. The van der Waals surface area contributed by atoms with Crippen molar-refractivity contribution in [2.75, 3.05) is 17.7 Å². The third kappa shape index (κ3) is 2.00. The molecular formula is C13H20N2O. The molecule has 2 rings (SSSR count). The van der Waals surface area contributed by atoms with Crippen molar-refractivity contribution in [2.24, 2.45) is 0 Å². The molecule has 0 unspecified atom stereocenters. The van der Waals surface area contributed by atoms with Crippen molar-refractivity contribution in [3.8, 4) is 0 Å². The van der Waals surface area contributed by atoms with Crippen LogP contribution in [-0.4, -0.2) is 17.3 Å². The van der Waals surface area contributed by atoms with Crippen LogP contribution >= 0.6 is 0 Å². The number of nitrogen functional groups attached to an aromatic ring is 1. The van der Waals surface area contributed by atoms with Gasteiger partial charge in [-0.2, -0.15) is 0 Å². The van der Waals surface area contributed by atoms with E-state index in [9.17, 15) is 5.11 Å². The Morgan fingerprint density at radius 2 is 2.06 bits per heavy atom. The van der Waals surface area contributed by atoms with Gasteiger partial charge in [-0.15, -0.1) is 0 Å². The average molecular weight is 220 g/mol. The summed E-state index contributed by atoms with van der Waals surface area (Å²) in [4.78, 5) is 0. The van der Waals surface area contributed by atoms with Gasteiger partial charge in [-0.1, -0.05) is 18.9 Å². The van der Waals surface area contributed by atoms with E-state index in [-0.39, 0.29) is 12.1 Å². The first-order valence-corrected chi connectivity index (χ1v) is 5.91. The summed E-state index contributed by atoms with van der Waals surface area (Å²) in [5, 5.41) is 13.0. The number of nitrogens with one attached hydrogen (secondary N) is 1. The van der Waals surface area contributed by atoms with Gasteiger partial charge in [0.15, 0.2) is 0 Å². The summed E-state index contributed by atoms with van der Waals surface area (Å²) in [5.74, 6) is 0. The van der Waals surface area contributed by atoms with Gasteiger partial charge in [-0.25, -0.2) is 0 Å². The molecule has 0 spiro atoms. The number of aliphatic hydroxyl groups is 1. The molecule has 0 bridgehead atoms. The predicted molar refractivity (Wildman–Crippen MR) is 67.5 cm³/mol. The lowest BCUT2D eigenvalue weighted by Gasteiger charge is -2.30. The maximum absolute atomic E-state index is 9.54. The van der Waals surface area contributed by atoms with Crippen LogP contribution < -0.4 is 11.1 Å². The van der Waals surface area contributed by atoms with Crippen LogP contribution in [0.2, 0.25) is 0 Å². The standard InChI is InChI=1S/C13H20N2O/c1-10-11(14)5-4-6-12(10)15-13(9-16)7-2-3-8-13/h4-6,15-16H,2-3,7-9,14H2,1H3. The summed E-state index contributed by atoms with van der Waals surface area (Å²) in [6.07, 6.45) is 4.46. The van der Waals surface area contributed by atoms with E-state index in [1.54, 1.807) is 0 Å². The monoisotopic (exact) mass is 220 g/mol. The molecule has 0 heterocycles. The first kappa shape index (κ1) is 11.3. The maximum atomic E-state index is 9.54. The van der Waals surface area contributed by atoms with E-state index in [0.717, 1.165) is 29.8 Å². The van der Waals surface area contributed by atoms with Crippen molar-refractivity contribution in [3.05, 3.63) is 23.8 Å². The van der Waals surface area contributed by atoms with Crippen molar-refractivity contribution in [2.45, 2.75) is 38.1 Å². The lowest BCUT2D eigenvalue weighted by atomic mass is 9.97. The van der Waals surface area contributed by atoms with Crippen molar-refractivity contribution in [1.29, 1.82) is 0 Å². The van der Waals surface area contributed by atoms with E-state index >= 15 is 0 Å². The van der Waals surface area contributed by atoms with E-state index < -0.39 is 0 Å². The number of anilines is 2. The highest BCUT2D eigenvalue weighted by Gasteiger charge is 2.33. The molecule has 1 aromatic carbocycles. The molecule has 0 atom stereocenters. The maximum Gasteiger partial charge on any atom is 0.0661 e.